The summed E-state index contributed by atoms with van der Waals surface area (Å²) in [7, 11) is -3.70. The van der Waals surface area contributed by atoms with Crippen LogP contribution in [0.4, 0.5) is 11.4 Å². The van der Waals surface area contributed by atoms with Gasteiger partial charge in [0.05, 0.1) is 11.3 Å². The highest BCUT2D eigenvalue weighted by molar-refractivity contribution is 7.91. The van der Waals surface area contributed by atoms with Crippen LogP contribution < -0.4 is 15.8 Å². The van der Waals surface area contributed by atoms with Crippen LogP contribution in [-0.2, 0) is 10.2 Å². The van der Waals surface area contributed by atoms with Gasteiger partial charge in [0.25, 0.3) is 0 Å². The summed E-state index contributed by atoms with van der Waals surface area (Å²) in [6.45, 7) is 2.83. The Morgan fingerprint density at radius 1 is 1.47 bits per heavy atom. The maximum absolute atomic E-state index is 11.4. The van der Waals surface area contributed by atoms with E-state index in [9.17, 15) is 8.42 Å². The summed E-state index contributed by atoms with van der Waals surface area (Å²) in [4.78, 5) is 0. The topological polar surface area (TPSA) is 96.6 Å². The van der Waals surface area contributed by atoms with Crippen LogP contribution in [0.25, 0.3) is 0 Å². The molecule has 0 radical (unpaired) electrons. The van der Waals surface area contributed by atoms with Gasteiger partial charge in [0.15, 0.2) is 0 Å². The van der Waals surface area contributed by atoms with Crippen molar-refractivity contribution in [3.8, 4) is 0 Å². The summed E-state index contributed by atoms with van der Waals surface area (Å²) < 4.78 is 28.5. The molecule has 4 N–H and O–H groups in total. The second-order valence-corrected chi connectivity index (χ2v) is 5.05. The molecule has 0 aliphatic carbocycles. The fourth-order valence-electron chi connectivity index (χ4n) is 1.66. The van der Waals surface area contributed by atoms with Gasteiger partial charge < -0.3 is 11.1 Å². The minimum atomic E-state index is -3.70. The average Bonchev–Trinajstić information content (AvgIpc) is 2.23. The van der Waals surface area contributed by atoms with Crippen LogP contribution in [0, 0.1) is 0 Å². The summed E-state index contributed by atoms with van der Waals surface area (Å²) in [6.07, 6.45) is 0.965. The van der Waals surface area contributed by atoms with E-state index in [4.69, 9.17) is 5.73 Å². The van der Waals surface area contributed by atoms with Gasteiger partial charge in [-0.25, -0.2) is 0 Å². The quantitative estimate of drug-likeness (QED) is 0.746. The van der Waals surface area contributed by atoms with Crippen molar-refractivity contribution in [1.29, 1.82) is 0 Å². The van der Waals surface area contributed by atoms with E-state index in [1.165, 1.54) is 0 Å². The minimum absolute atomic E-state index is 0.0120. The molecule has 6 nitrogen and oxygen atoms in total. The van der Waals surface area contributed by atoms with Crippen molar-refractivity contribution in [3.63, 3.8) is 0 Å². The SMILES string of the molecule is CCCNc1cccc2c1C(N)=NS(=O)(=O)N2. The minimum Gasteiger partial charge on any atom is -0.384 e. The largest absolute Gasteiger partial charge is 0.384 e. The summed E-state index contributed by atoms with van der Waals surface area (Å²) in [5.41, 5.74) is 7.53. The van der Waals surface area contributed by atoms with Gasteiger partial charge in [-0.1, -0.05) is 13.0 Å². The molecule has 92 valence electrons. The van der Waals surface area contributed by atoms with E-state index in [-0.39, 0.29) is 5.84 Å². The summed E-state index contributed by atoms with van der Waals surface area (Å²) in [5.74, 6) is 0.0120. The molecule has 0 atom stereocenters. The Morgan fingerprint density at radius 2 is 2.24 bits per heavy atom. The molecule has 0 bridgehead atoms. The van der Waals surface area contributed by atoms with Gasteiger partial charge in [-0.05, 0) is 18.6 Å². The molecule has 1 aliphatic heterocycles. The maximum atomic E-state index is 11.4. The van der Waals surface area contributed by atoms with Crippen LogP contribution in [0.3, 0.4) is 0 Å². The predicted molar refractivity (Wildman–Crippen MR) is 68.5 cm³/mol. The van der Waals surface area contributed by atoms with Crippen LogP contribution in [0.1, 0.15) is 18.9 Å². The number of nitrogens with two attached hydrogens (primary N) is 1. The van der Waals surface area contributed by atoms with Crippen LogP contribution in [0.5, 0.6) is 0 Å². The standard InChI is InChI=1S/C10H14N4O2S/c1-2-6-12-7-4-3-5-8-9(7)10(11)14-17(15,16)13-8/h3-5,12-13H,2,6H2,1H3,(H2,11,14). The Hall–Kier alpha value is -1.76. The highest BCUT2D eigenvalue weighted by Gasteiger charge is 2.23. The van der Waals surface area contributed by atoms with Crippen LogP contribution >= 0.6 is 0 Å². The predicted octanol–water partition coefficient (Wildman–Crippen LogP) is 0.884. The first-order valence-corrected chi connectivity index (χ1v) is 6.73. The second kappa shape index (κ2) is 4.25. The highest BCUT2D eigenvalue weighted by Crippen LogP contribution is 2.28. The smallest absolute Gasteiger partial charge is 0.344 e. The number of hydrogen-bond acceptors (Lipinski definition) is 4. The van der Waals surface area contributed by atoms with E-state index in [2.05, 4.69) is 14.4 Å². The first kappa shape index (κ1) is 11.7. The summed E-state index contributed by atoms with van der Waals surface area (Å²) >= 11 is 0. The van der Waals surface area contributed by atoms with Gasteiger partial charge in [-0.3, -0.25) is 4.72 Å². The average molecular weight is 254 g/mol. The van der Waals surface area contributed by atoms with E-state index in [0.29, 0.717) is 11.3 Å². The molecule has 1 aliphatic rings. The van der Waals surface area contributed by atoms with Gasteiger partial charge in [-0.15, -0.1) is 4.40 Å². The Morgan fingerprint density at radius 3 is 2.94 bits per heavy atom. The van der Waals surface area contributed by atoms with Crippen molar-refractivity contribution in [2.24, 2.45) is 10.1 Å². The molecular formula is C10H14N4O2S. The zero-order valence-electron chi connectivity index (χ0n) is 9.40. The molecule has 1 heterocycles. The van der Waals surface area contributed by atoms with Crippen molar-refractivity contribution in [2.75, 3.05) is 16.6 Å². The number of hydrogen-bond donors (Lipinski definition) is 3. The maximum Gasteiger partial charge on any atom is 0.344 e. The van der Waals surface area contributed by atoms with Gasteiger partial charge in [-0.2, -0.15) is 8.42 Å². The lowest BCUT2D eigenvalue weighted by Gasteiger charge is -2.19. The van der Waals surface area contributed by atoms with Crippen molar-refractivity contribution in [2.45, 2.75) is 13.3 Å². The number of fused-ring (bicyclic) bond motifs is 1. The molecule has 0 aromatic heterocycles. The van der Waals surface area contributed by atoms with Crippen LogP contribution in [0.2, 0.25) is 0 Å². The third-order valence-corrected chi connectivity index (χ3v) is 3.26. The Balaban J connectivity index is 2.49. The normalized spacial score (nSPS) is 16.6. The number of amidine groups is 1. The number of benzene rings is 1. The van der Waals surface area contributed by atoms with E-state index in [1.54, 1.807) is 12.1 Å². The molecule has 0 spiro atoms. The summed E-state index contributed by atoms with van der Waals surface area (Å²) in [6, 6.07) is 5.26. The first-order valence-electron chi connectivity index (χ1n) is 5.29. The van der Waals surface area contributed by atoms with Crippen molar-refractivity contribution in [3.05, 3.63) is 23.8 Å². The monoisotopic (exact) mass is 254 g/mol. The van der Waals surface area contributed by atoms with Crippen molar-refractivity contribution in [1.82, 2.24) is 0 Å². The fraction of sp³-hybridized carbons (Fsp3) is 0.300. The van der Waals surface area contributed by atoms with Crippen molar-refractivity contribution < 1.29 is 8.42 Å². The zero-order valence-corrected chi connectivity index (χ0v) is 10.2. The number of nitrogens with zero attached hydrogens (tertiary/aromatic N) is 1. The Labute approximate surface area is 100 Å². The lowest BCUT2D eigenvalue weighted by molar-refractivity contribution is 0.602. The molecule has 1 aromatic carbocycles. The highest BCUT2D eigenvalue weighted by atomic mass is 32.2. The lowest BCUT2D eigenvalue weighted by atomic mass is 10.1. The second-order valence-electron chi connectivity index (χ2n) is 3.71. The van der Waals surface area contributed by atoms with Gasteiger partial charge >= 0.3 is 10.2 Å². The number of rotatable bonds is 3. The molecule has 0 saturated carbocycles. The van der Waals surface area contributed by atoms with Crippen molar-refractivity contribution >= 4 is 27.4 Å². The lowest BCUT2D eigenvalue weighted by Crippen LogP contribution is -2.27. The molecule has 1 aromatic rings. The zero-order chi connectivity index (χ0) is 12.5. The van der Waals surface area contributed by atoms with E-state index in [0.717, 1.165) is 18.7 Å². The molecule has 2 rings (SSSR count). The van der Waals surface area contributed by atoms with Gasteiger partial charge in [0, 0.05) is 12.2 Å². The first-order chi connectivity index (χ1) is 8.03. The number of nitrogens with one attached hydrogen (secondary N) is 2. The van der Waals surface area contributed by atoms with Crippen LogP contribution in [0.15, 0.2) is 22.6 Å². The Kier molecular flexibility index (Phi) is 2.93. The van der Waals surface area contributed by atoms with E-state index >= 15 is 0 Å². The molecule has 0 unspecified atom stereocenters. The fourth-order valence-corrected chi connectivity index (χ4v) is 2.50. The molecule has 0 fully saturated rings. The van der Waals surface area contributed by atoms with Crippen LogP contribution in [-0.4, -0.2) is 20.8 Å². The molecule has 7 heteroatoms. The molecular weight excluding hydrogens is 240 g/mol. The summed E-state index contributed by atoms with van der Waals surface area (Å²) in [5, 5.41) is 3.18. The third kappa shape index (κ3) is 2.33. The molecule has 0 amide bonds. The van der Waals surface area contributed by atoms with Gasteiger partial charge in [0.1, 0.15) is 5.84 Å². The van der Waals surface area contributed by atoms with E-state index < -0.39 is 10.2 Å². The third-order valence-electron chi connectivity index (χ3n) is 2.34. The molecule has 17 heavy (non-hydrogen) atoms. The number of anilines is 2. The van der Waals surface area contributed by atoms with E-state index in [1.807, 2.05) is 13.0 Å². The molecule has 0 saturated heterocycles. The van der Waals surface area contributed by atoms with Gasteiger partial charge in [0.2, 0.25) is 0 Å². The Bertz CT molecular complexity index is 566.